The summed E-state index contributed by atoms with van der Waals surface area (Å²) in [6.07, 6.45) is 6.93. The first-order chi connectivity index (χ1) is 8.92. The smallest absolute Gasteiger partial charge is 0.0417 e. The molecule has 0 aromatic carbocycles. The maximum atomic E-state index is 2.32. The molecule has 19 heavy (non-hydrogen) atoms. The van der Waals surface area contributed by atoms with E-state index in [9.17, 15) is 0 Å². The van der Waals surface area contributed by atoms with Crippen LogP contribution in [0.2, 0.25) is 0 Å². The molecule has 0 N–H and O–H groups in total. The average Bonchev–Trinajstić information content (AvgIpc) is 2.43. The SMILES string of the molecule is CC.CC(C)C(C)C.CCC(CC)CC(CC)CC. The Balaban J connectivity index is -0.000000271. The minimum Gasteiger partial charge on any atom is -0.0683 e. The van der Waals surface area contributed by atoms with E-state index in [1.807, 2.05) is 13.8 Å². The molecule has 0 unspecified atom stereocenters. The van der Waals surface area contributed by atoms with Crippen LogP contribution in [0.15, 0.2) is 0 Å². The van der Waals surface area contributed by atoms with Gasteiger partial charge < -0.3 is 0 Å². The Bertz CT molecular complexity index is 111. The Morgan fingerprint density at radius 1 is 0.526 bits per heavy atom. The molecule has 0 spiro atoms. The first-order valence-corrected chi connectivity index (χ1v) is 8.92. The summed E-state index contributed by atoms with van der Waals surface area (Å²) in [5, 5.41) is 0. The average molecular weight is 273 g/mol. The number of hydrogen-bond donors (Lipinski definition) is 0. The Labute approximate surface area is 125 Å². The fourth-order valence-corrected chi connectivity index (χ4v) is 1.72. The van der Waals surface area contributed by atoms with Gasteiger partial charge in [0.25, 0.3) is 0 Å². The standard InChI is InChI=1S/C11H24.C6H14.C2H6/c1-5-10(6-2)9-11(7-3)8-4;1-5(2)6(3)4;1-2/h10-11H,5-9H2,1-4H3;5-6H,1-4H3;1-2H3. The highest BCUT2D eigenvalue weighted by Crippen LogP contribution is 2.23. The van der Waals surface area contributed by atoms with Crippen molar-refractivity contribution in [1.82, 2.24) is 0 Å². The van der Waals surface area contributed by atoms with Gasteiger partial charge in [-0.2, -0.15) is 0 Å². The highest BCUT2D eigenvalue weighted by Gasteiger charge is 2.09. The summed E-state index contributed by atoms with van der Waals surface area (Å²) in [5.74, 6) is 3.68. The normalized spacial score (nSPS) is 10.4. The van der Waals surface area contributed by atoms with E-state index in [2.05, 4.69) is 55.4 Å². The molecule has 0 saturated carbocycles. The molecule has 0 aliphatic carbocycles. The lowest BCUT2D eigenvalue weighted by Gasteiger charge is -2.18. The van der Waals surface area contributed by atoms with Crippen LogP contribution in [0.3, 0.4) is 0 Å². The molecule has 0 atom stereocenters. The quantitative estimate of drug-likeness (QED) is 0.448. The van der Waals surface area contributed by atoms with Crippen molar-refractivity contribution in [2.45, 2.75) is 101 Å². The molecule has 0 heterocycles. The number of rotatable bonds is 7. The van der Waals surface area contributed by atoms with Crippen molar-refractivity contribution in [3.05, 3.63) is 0 Å². The summed E-state index contributed by atoms with van der Waals surface area (Å²) in [7, 11) is 0. The molecule has 0 rings (SSSR count). The predicted octanol–water partition coefficient (Wildman–Crippen LogP) is 7.57. The lowest BCUT2D eigenvalue weighted by molar-refractivity contribution is 0.338. The van der Waals surface area contributed by atoms with Crippen molar-refractivity contribution in [1.29, 1.82) is 0 Å². The van der Waals surface area contributed by atoms with Crippen molar-refractivity contribution in [2.24, 2.45) is 23.7 Å². The van der Waals surface area contributed by atoms with Crippen LogP contribution < -0.4 is 0 Å². The van der Waals surface area contributed by atoms with E-state index >= 15 is 0 Å². The van der Waals surface area contributed by atoms with Crippen molar-refractivity contribution in [3.8, 4) is 0 Å². The van der Waals surface area contributed by atoms with Gasteiger partial charge in [0.05, 0.1) is 0 Å². The molecule has 0 radical (unpaired) electrons. The topological polar surface area (TPSA) is 0 Å². The van der Waals surface area contributed by atoms with Crippen LogP contribution >= 0.6 is 0 Å². The van der Waals surface area contributed by atoms with Gasteiger partial charge in [-0.1, -0.05) is 94.9 Å². The van der Waals surface area contributed by atoms with Crippen molar-refractivity contribution >= 4 is 0 Å². The zero-order chi connectivity index (χ0) is 15.8. The summed E-state index contributed by atoms with van der Waals surface area (Å²) in [4.78, 5) is 0. The van der Waals surface area contributed by atoms with Crippen LogP contribution in [0.5, 0.6) is 0 Å². The fraction of sp³-hybridized carbons (Fsp3) is 1.00. The van der Waals surface area contributed by atoms with Gasteiger partial charge in [0.15, 0.2) is 0 Å². The van der Waals surface area contributed by atoms with Gasteiger partial charge in [0.1, 0.15) is 0 Å². The first-order valence-electron chi connectivity index (χ1n) is 8.92. The third-order valence-corrected chi connectivity index (χ3v) is 4.31. The third-order valence-electron chi connectivity index (χ3n) is 4.31. The van der Waals surface area contributed by atoms with E-state index in [4.69, 9.17) is 0 Å². The molecule has 0 aliphatic heterocycles. The molecule has 0 aromatic heterocycles. The van der Waals surface area contributed by atoms with Gasteiger partial charge in [-0.05, 0) is 30.1 Å². The van der Waals surface area contributed by atoms with Gasteiger partial charge in [-0.15, -0.1) is 0 Å². The van der Waals surface area contributed by atoms with Crippen LogP contribution in [0.4, 0.5) is 0 Å². The van der Waals surface area contributed by atoms with E-state index in [0.29, 0.717) is 0 Å². The first kappa shape index (κ1) is 24.0. The molecule has 0 aromatic rings. The summed E-state index contributed by atoms with van der Waals surface area (Å²) in [6.45, 7) is 22.2. The van der Waals surface area contributed by atoms with Crippen molar-refractivity contribution in [2.75, 3.05) is 0 Å². The Kier molecular flexibility index (Phi) is 22.8. The van der Waals surface area contributed by atoms with E-state index in [-0.39, 0.29) is 0 Å². The number of hydrogen-bond acceptors (Lipinski definition) is 0. The van der Waals surface area contributed by atoms with Gasteiger partial charge in [-0.3, -0.25) is 0 Å². The van der Waals surface area contributed by atoms with Crippen molar-refractivity contribution < 1.29 is 0 Å². The van der Waals surface area contributed by atoms with Crippen LogP contribution in [0, 0.1) is 23.7 Å². The molecular weight excluding hydrogens is 228 g/mol. The van der Waals surface area contributed by atoms with Crippen molar-refractivity contribution in [3.63, 3.8) is 0 Å². The van der Waals surface area contributed by atoms with E-state index in [0.717, 1.165) is 23.7 Å². The highest BCUT2D eigenvalue weighted by atomic mass is 14.2. The molecule has 120 valence electrons. The van der Waals surface area contributed by atoms with Crippen LogP contribution in [-0.2, 0) is 0 Å². The maximum Gasteiger partial charge on any atom is -0.0417 e. The Morgan fingerprint density at radius 2 is 0.737 bits per heavy atom. The zero-order valence-electron chi connectivity index (χ0n) is 15.8. The van der Waals surface area contributed by atoms with E-state index in [1.54, 1.807) is 0 Å². The van der Waals surface area contributed by atoms with Crippen LogP contribution in [-0.4, -0.2) is 0 Å². The van der Waals surface area contributed by atoms with Crippen LogP contribution in [0.1, 0.15) is 101 Å². The highest BCUT2D eigenvalue weighted by molar-refractivity contribution is 4.62. The molecule has 0 bridgehead atoms. The predicted molar refractivity (Wildman–Crippen MR) is 93.8 cm³/mol. The Hall–Kier alpha value is 0. The lowest BCUT2D eigenvalue weighted by atomic mass is 9.88. The lowest BCUT2D eigenvalue weighted by Crippen LogP contribution is -2.05. The van der Waals surface area contributed by atoms with Gasteiger partial charge >= 0.3 is 0 Å². The molecule has 0 nitrogen and oxygen atoms in total. The second-order valence-corrected chi connectivity index (χ2v) is 6.09. The third kappa shape index (κ3) is 18.0. The molecular formula is C19H44. The summed E-state index contributed by atoms with van der Waals surface area (Å²) < 4.78 is 0. The summed E-state index contributed by atoms with van der Waals surface area (Å²) in [5.41, 5.74) is 0. The summed E-state index contributed by atoms with van der Waals surface area (Å²) in [6, 6.07) is 0. The largest absolute Gasteiger partial charge is 0.0683 e. The second-order valence-electron chi connectivity index (χ2n) is 6.09. The molecule has 0 aliphatic rings. The molecule has 0 fully saturated rings. The minimum absolute atomic E-state index is 0.852. The van der Waals surface area contributed by atoms with Gasteiger partial charge in [-0.25, -0.2) is 0 Å². The minimum atomic E-state index is 0.852. The van der Waals surface area contributed by atoms with Gasteiger partial charge in [0.2, 0.25) is 0 Å². The van der Waals surface area contributed by atoms with Gasteiger partial charge in [0, 0.05) is 0 Å². The Morgan fingerprint density at radius 3 is 0.842 bits per heavy atom. The van der Waals surface area contributed by atoms with Crippen LogP contribution in [0.25, 0.3) is 0 Å². The monoisotopic (exact) mass is 272 g/mol. The molecule has 0 amide bonds. The van der Waals surface area contributed by atoms with E-state index in [1.165, 1.54) is 32.1 Å². The summed E-state index contributed by atoms with van der Waals surface area (Å²) >= 11 is 0. The molecule has 0 saturated heterocycles. The molecule has 0 heteroatoms. The second kappa shape index (κ2) is 18.0. The zero-order valence-corrected chi connectivity index (χ0v) is 15.8. The maximum absolute atomic E-state index is 2.32. The fourth-order valence-electron chi connectivity index (χ4n) is 1.72. The van der Waals surface area contributed by atoms with E-state index < -0.39 is 0 Å².